The number of carboxylic acid groups (broad SMARTS) is 1. The molecule has 0 heterocycles. The quantitative estimate of drug-likeness (QED) is 0.749. The first-order chi connectivity index (χ1) is 8.92. The highest BCUT2D eigenvalue weighted by atomic mass is 16.5. The third kappa shape index (κ3) is 3.98. The summed E-state index contributed by atoms with van der Waals surface area (Å²) in [6, 6.07) is 5.08. The van der Waals surface area contributed by atoms with Crippen LogP contribution in [0.1, 0.15) is 62.4 Å². The van der Waals surface area contributed by atoms with Gasteiger partial charge in [-0.05, 0) is 30.0 Å². The van der Waals surface area contributed by atoms with Gasteiger partial charge >= 0.3 is 5.97 Å². The molecule has 0 amide bonds. The summed E-state index contributed by atoms with van der Waals surface area (Å²) in [5.41, 5.74) is 1.22. The molecule has 1 N–H and O–H groups in total. The number of hydrogen-bond donors (Lipinski definition) is 1. The summed E-state index contributed by atoms with van der Waals surface area (Å²) >= 11 is 0. The highest BCUT2D eigenvalue weighted by Crippen LogP contribution is 2.36. The molecule has 0 atom stereocenters. The van der Waals surface area contributed by atoms with Gasteiger partial charge in [-0.1, -0.05) is 40.0 Å². The number of methoxy groups -OCH3 is 1. The number of unbranched alkanes of at least 4 members (excludes halogenated alkanes) is 2. The Morgan fingerprint density at radius 3 is 2.53 bits per heavy atom. The first-order valence-corrected chi connectivity index (χ1v) is 6.84. The van der Waals surface area contributed by atoms with Crippen LogP contribution >= 0.6 is 0 Å². The van der Waals surface area contributed by atoms with Gasteiger partial charge in [-0.3, -0.25) is 0 Å². The molecule has 0 spiro atoms. The van der Waals surface area contributed by atoms with Crippen molar-refractivity contribution in [3.8, 4) is 5.75 Å². The maximum absolute atomic E-state index is 11.1. The van der Waals surface area contributed by atoms with Crippen LogP contribution in [0.4, 0.5) is 0 Å². The van der Waals surface area contributed by atoms with E-state index >= 15 is 0 Å². The zero-order valence-electron chi connectivity index (χ0n) is 12.3. The molecule has 19 heavy (non-hydrogen) atoms. The molecule has 0 bridgehead atoms. The molecule has 0 unspecified atom stereocenters. The van der Waals surface area contributed by atoms with Crippen molar-refractivity contribution in [1.29, 1.82) is 0 Å². The number of carboxylic acids is 1. The van der Waals surface area contributed by atoms with Crippen LogP contribution in [0.2, 0.25) is 0 Å². The van der Waals surface area contributed by atoms with E-state index in [0.29, 0.717) is 5.56 Å². The van der Waals surface area contributed by atoms with Gasteiger partial charge in [-0.25, -0.2) is 4.79 Å². The Kier molecular flexibility index (Phi) is 5.40. The smallest absolute Gasteiger partial charge is 0.335 e. The van der Waals surface area contributed by atoms with E-state index in [9.17, 15) is 4.79 Å². The molecular formula is C16H24O3. The first kappa shape index (κ1) is 15.5. The van der Waals surface area contributed by atoms with Crippen LogP contribution in [-0.2, 0) is 5.41 Å². The predicted octanol–water partition coefficient (Wildman–Crippen LogP) is 4.25. The Labute approximate surface area is 115 Å². The summed E-state index contributed by atoms with van der Waals surface area (Å²) in [6.07, 6.45) is 4.55. The monoisotopic (exact) mass is 264 g/mol. The van der Waals surface area contributed by atoms with Crippen LogP contribution in [0.5, 0.6) is 5.75 Å². The van der Waals surface area contributed by atoms with Crippen molar-refractivity contribution < 1.29 is 14.6 Å². The second-order valence-corrected chi connectivity index (χ2v) is 5.56. The van der Waals surface area contributed by atoms with E-state index in [4.69, 9.17) is 9.84 Å². The van der Waals surface area contributed by atoms with E-state index in [-0.39, 0.29) is 5.41 Å². The molecule has 0 aliphatic heterocycles. The van der Waals surface area contributed by atoms with Crippen molar-refractivity contribution in [2.24, 2.45) is 0 Å². The van der Waals surface area contributed by atoms with Gasteiger partial charge in [0.05, 0.1) is 12.7 Å². The lowest BCUT2D eigenvalue weighted by Gasteiger charge is -2.27. The third-order valence-corrected chi connectivity index (χ3v) is 3.58. The average molecular weight is 264 g/mol. The summed E-state index contributed by atoms with van der Waals surface area (Å²) in [4.78, 5) is 11.1. The molecule has 0 aromatic heterocycles. The van der Waals surface area contributed by atoms with Crippen molar-refractivity contribution >= 4 is 5.97 Å². The lowest BCUT2D eigenvalue weighted by molar-refractivity contribution is 0.0696. The number of aromatic carboxylic acids is 1. The number of ether oxygens (including phenoxy) is 1. The summed E-state index contributed by atoms with van der Waals surface area (Å²) in [7, 11) is 1.63. The maximum atomic E-state index is 11.1. The summed E-state index contributed by atoms with van der Waals surface area (Å²) in [5, 5.41) is 9.11. The van der Waals surface area contributed by atoms with Gasteiger partial charge in [0.1, 0.15) is 5.75 Å². The standard InChI is InChI=1S/C16H24O3/c1-5-6-7-10-16(2,3)13-11-12(15(17)18)8-9-14(13)19-4/h8-9,11H,5-7,10H2,1-4H3,(H,17,18). The Morgan fingerprint density at radius 1 is 1.32 bits per heavy atom. The van der Waals surface area contributed by atoms with E-state index in [1.807, 2.05) is 0 Å². The minimum atomic E-state index is -0.895. The molecule has 0 saturated heterocycles. The van der Waals surface area contributed by atoms with Crippen LogP contribution in [0.25, 0.3) is 0 Å². The van der Waals surface area contributed by atoms with Crippen molar-refractivity contribution in [2.45, 2.75) is 51.9 Å². The van der Waals surface area contributed by atoms with Crippen molar-refractivity contribution in [1.82, 2.24) is 0 Å². The first-order valence-electron chi connectivity index (χ1n) is 6.84. The molecule has 1 aromatic carbocycles. The molecule has 106 valence electrons. The minimum Gasteiger partial charge on any atom is -0.496 e. The van der Waals surface area contributed by atoms with Crippen LogP contribution in [-0.4, -0.2) is 18.2 Å². The lowest BCUT2D eigenvalue weighted by atomic mass is 9.79. The molecule has 0 aliphatic carbocycles. The van der Waals surface area contributed by atoms with Crippen LogP contribution in [0.15, 0.2) is 18.2 Å². The largest absolute Gasteiger partial charge is 0.496 e. The van der Waals surface area contributed by atoms with E-state index < -0.39 is 5.97 Å². The van der Waals surface area contributed by atoms with E-state index in [0.717, 1.165) is 24.2 Å². The lowest BCUT2D eigenvalue weighted by Crippen LogP contribution is -2.19. The molecule has 3 heteroatoms. The Bertz CT molecular complexity index is 436. The van der Waals surface area contributed by atoms with Gasteiger partial charge in [-0.15, -0.1) is 0 Å². The summed E-state index contributed by atoms with van der Waals surface area (Å²) in [5.74, 6) is -0.125. The Balaban J connectivity index is 3.07. The van der Waals surface area contributed by atoms with Gasteiger partial charge in [0.25, 0.3) is 0 Å². The summed E-state index contributed by atoms with van der Waals surface area (Å²) in [6.45, 7) is 6.47. The van der Waals surface area contributed by atoms with E-state index in [2.05, 4.69) is 20.8 Å². The van der Waals surface area contributed by atoms with Crippen LogP contribution in [0, 0.1) is 0 Å². The number of benzene rings is 1. The fraction of sp³-hybridized carbons (Fsp3) is 0.562. The zero-order valence-corrected chi connectivity index (χ0v) is 12.3. The van der Waals surface area contributed by atoms with Gasteiger partial charge in [-0.2, -0.15) is 0 Å². The Morgan fingerprint density at radius 2 is 2.00 bits per heavy atom. The van der Waals surface area contributed by atoms with Crippen LogP contribution in [0.3, 0.4) is 0 Å². The SMILES string of the molecule is CCCCCC(C)(C)c1cc(C(=O)O)ccc1OC. The van der Waals surface area contributed by atoms with Gasteiger partial charge < -0.3 is 9.84 Å². The normalized spacial score (nSPS) is 11.4. The zero-order chi connectivity index (χ0) is 14.5. The van der Waals surface area contributed by atoms with Crippen molar-refractivity contribution in [3.05, 3.63) is 29.3 Å². The van der Waals surface area contributed by atoms with Crippen molar-refractivity contribution in [3.63, 3.8) is 0 Å². The average Bonchev–Trinajstić information content (AvgIpc) is 2.38. The van der Waals surface area contributed by atoms with Gasteiger partial charge in [0.2, 0.25) is 0 Å². The minimum absolute atomic E-state index is 0.0774. The molecule has 0 radical (unpaired) electrons. The second kappa shape index (κ2) is 6.60. The molecule has 3 nitrogen and oxygen atoms in total. The number of hydrogen-bond acceptors (Lipinski definition) is 2. The summed E-state index contributed by atoms with van der Waals surface area (Å²) < 4.78 is 5.38. The number of rotatable bonds is 7. The Hall–Kier alpha value is -1.51. The molecule has 0 saturated carbocycles. The highest BCUT2D eigenvalue weighted by Gasteiger charge is 2.25. The molecule has 0 aliphatic rings. The second-order valence-electron chi connectivity index (χ2n) is 5.56. The van der Waals surface area contributed by atoms with Gasteiger partial charge in [0.15, 0.2) is 0 Å². The topological polar surface area (TPSA) is 46.5 Å². The predicted molar refractivity (Wildman–Crippen MR) is 77.1 cm³/mol. The fourth-order valence-corrected chi connectivity index (χ4v) is 2.32. The fourth-order valence-electron chi connectivity index (χ4n) is 2.32. The molecular weight excluding hydrogens is 240 g/mol. The van der Waals surface area contributed by atoms with Crippen molar-refractivity contribution in [2.75, 3.05) is 7.11 Å². The van der Waals surface area contributed by atoms with Gasteiger partial charge in [0, 0.05) is 5.56 Å². The highest BCUT2D eigenvalue weighted by molar-refractivity contribution is 5.88. The molecule has 0 fully saturated rings. The van der Waals surface area contributed by atoms with Crippen LogP contribution < -0.4 is 4.74 Å². The number of carbonyl (C=O) groups is 1. The third-order valence-electron chi connectivity index (χ3n) is 3.58. The molecule has 1 aromatic rings. The van der Waals surface area contributed by atoms with E-state index in [1.54, 1.807) is 25.3 Å². The maximum Gasteiger partial charge on any atom is 0.335 e. The van der Waals surface area contributed by atoms with E-state index in [1.165, 1.54) is 12.8 Å². The molecule has 1 rings (SSSR count).